The number of fused-ring (bicyclic) bond motifs is 1. The van der Waals surface area contributed by atoms with Gasteiger partial charge in [-0.3, -0.25) is 0 Å². The molecule has 0 saturated carbocycles. The molecule has 0 bridgehead atoms. The van der Waals surface area contributed by atoms with Gasteiger partial charge in [-0.25, -0.2) is 4.39 Å². The van der Waals surface area contributed by atoms with Crippen molar-refractivity contribution in [3.05, 3.63) is 71.7 Å². The lowest BCUT2D eigenvalue weighted by atomic mass is 10.1. The van der Waals surface area contributed by atoms with E-state index < -0.39 is 0 Å². The first-order valence-corrected chi connectivity index (χ1v) is 6.59. The van der Waals surface area contributed by atoms with Crippen LogP contribution in [0.25, 0.3) is 10.9 Å². The molecular weight excluding hydrogens is 237 g/mol. The zero-order chi connectivity index (χ0) is 13.2. The third-order valence-corrected chi connectivity index (χ3v) is 3.52. The van der Waals surface area contributed by atoms with Gasteiger partial charge >= 0.3 is 0 Å². The molecule has 0 radical (unpaired) electrons. The number of aromatic nitrogens is 1. The second-order valence-corrected chi connectivity index (χ2v) is 4.78. The monoisotopic (exact) mass is 253 g/mol. The molecule has 3 aromatic rings. The largest absolute Gasteiger partial charge is 0.343 e. The second-order valence-electron chi connectivity index (χ2n) is 4.78. The Kier molecular flexibility index (Phi) is 3.08. The van der Waals surface area contributed by atoms with Gasteiger partial charge in [-0.1, -0.05) is 37.3 Å². The number of hydrogen-bond acceptors (Lipinski definition) is 0. The van der Waals surface area contributed by atoms with Gasteiger partial charge in [0.25, 0.3) is 0 Å². The molecule has 1 nitrogen and oxygen atoms in total. The summed E-state index contributed by atoms with van der Waals surface area (Å²) in [6, 6.07) is 15.3. The van der Waals surface area contributed by atoms with E-state index in [1.165, 1.54) is 28.6 Å². The zero-order valence-electron chi connectivity index (χ0n) is 10.9. The smallest absolute Gasteiger partial charge is 0.123 e. The van der Waals surface area contributed by atoms with Crippen LogP contribution < -0.4 is 0 Å². The number of aryl methyl sites for hydroxylation is 1. The van der Waals surface area contributed by atoms with E-state index >= 15 is 0 Å². The molecule has 1 aromatic heterocycles. The van der Waals surface area contributed by atoms with E-state index in [2.05, 4.69) is 42.0 Å². The number of rotatable bonds is 3. The van der Waals surface area contributed by atoms with Gasteiger partial charge in [-0.05, 0) is 41.1 Å². The Balaban J connectivity index is 2.03. The summed E-state index contributed by atoms with van der Waals surface area (Å²) < 4.78 is 15.2. The van der Waals surface area contributed by atoms with Gasteiger partial charge in [-0.15, -0.1) is 0 Å². The van der Waals surface area contributed by atoms with Gasteiger partial charge in [0.05, 0.1) is 5.52 Å². The maximum absolute atomic E-state index is 12.9. The first-order chi connectivity index (χ1) is 9.28. The van der Waals surface area contributed by atoms with Crippen LogP contribution in [0.2, 0.25) is 0 Å². The maximum atomic E-state index is 12.9. The van der Waals surface area contributed by atoms with Gasteiger partial charge in [0.15, 0.2) is 0 Å². The van der Waals surface area contributed by atoms with Crippen LogP contribution in [-0.4, -0.2) is 4.57 Å². The van der Waals surface area contributed by atoms with Crippen LogP contribution in [0.3, 0.4) is 0 Å². The molecule has 0 atom stereocenters. The van der Waals surface area contributed by atoms with E-state index in [1.807, 2.05) is 12.1 Å². The molecule has 0 unspecified atom stereocenters. The third kappa shape index (κ3) is 2.26. The Morgan fingerprint density at radius 3 is 2.53 bits per heavy atom. The normalized spacial score (nSPS) is 11.1. The standard InChI is InChI=1S/C17H16FN/c1-2-14-4-3-5-15-10-11-19(17(14)15)12-13-6-8-16(18)9-7-13/h3-11H,2,12H2,1H3. The Labute approximate surface area is 112 Å². The first kappa shape index (κ1) is 12.0. The van der Waals surface area contributed by atoms with Crippen LogP contribution >= 0.6 is 0 Å². The molecule has 96 valence electrons. The summed E-state index contributed by atoms with van der Waals surface area (Å²) in [4.78, 5) is 0. The van der Waals surface area contributed by atoms with Crippen molar-refractivity contribution in [3.63, 3.8) is 0 Å². The zero-order valence-corrected chi connectivity index (χ0v) is 10.9. The minimum Gasteiger partial charge on any atom is -0.343 e. The molecule has 0 aliphatic rings. The summed E-state index contributed by atoms with van der Waals surface area (Å²) in [5.41, 5.74) is 3.75. The van der Waals surface area contributed by atoms with Gasteiger partial charge in [-0.2, -0.15) is 0 Å². The highest BCUT2D eigenvalue weighted by Crippen LogP contribution is 2.22. The van der Waals surface area contributed by atoms with Crippen LogP contribution in [-0.2, 0) is 13.0 Å². The van der Waals surface area contributed by atoms with Crippen LogP contribution in [0.4, 0.5) is 4.39 Å². The topological polar surface area (TPSA) is 4.93 Å². The number of hydrogen-bond donors (Lipinski definition) is 0. The number of benzene rings is 2. The van der Waals surface area contributed by atoms with Gasteiger partial charge in [0, 0.05) is 12.7 Å². The van der Waals surface area contributed by atoms with Gasteiger partial charge in [0.1, 0.15) is 5.82 Å². The maximum Gasteiger partial charge on any atom is 0.123 e. The summed E-state index contributed by atoms with van der Waals surface area (Å²) in [6.07, 6.45) is 3.12. The molecule has 0 saturated heterocycles. The second kappa shape index (κ2) is 4.88. The van der Waals surface area contributed by atoms with Crippen molar-refractivity contribution in [1.82, 2.24) is 4.57 Å². The molecule has 0 spiro atoms. The lowest BCUT2D eigenvalue weighted by Crippen LogP contribution is -2.00. The molecule has 0 aliphatic heterocycles. The number of para-hydroxylation sites is 1. The van der Waals surface area contributed by atoms with E-state index in [9.17, 15) is 4.39 Å². The Morgan fingerprint density at radius 2 is 1.79 bits per heavy atom. The fourth-order valence-electron chi connectivity index (χ4n) is 2.54. The highest BCUT2D eigenvalue weighted by Gasteiger charge is 2.05. The van der Waals surface area contributed by atoms with E-state index in [4.69, 9.17) is 0 Å². The first-order valence-electron chi connectivity index (χ1n) is 6.59. The molecule has 0 amide bonds. The van der Waals surface area contributed by atoms with Crippen molar-refractivity contribution >= 4 is 10.9 Å². The molecule has 2 heteroatoms. The SMILES string of the molecule is CCc1cccc2ccn(Cc3ccc(F)cc3)c12. The van der Waals surface area contributed by atoms with Crippen LogP contribution in [0.1, 0.15) is 18.1 Å². The predicted octanol–water partition coefficient (Wildman–Crippen LogP) is 4.39. The number of halogens is 1. The number of nitrogens with zero attached hydrogens (tertiary/aromatic N) is 1. The van der Waals surface area contributed by atoms with Crippen molar-refractivity contribution in [2.75, 3.05) is 0 Å². The average molecular weight is 253 g/mol. The van der Waals surface area contributed by atoms with Crippen molar-refractivity contribution in [2.45, 2.75) is 19.9 Å². The molecule has 19 heavy (non-hydrogen) atoms. The lowest BCUT2D eigenvalue weighted by Gasteiger charge is -2.09. The fraction of sp³-hybridized carbons (Fsp3) is 0.176. The minimum atomic E-state index is -0.185. The van der Waals surface area contributed by atoms with Crippen molar-refractivity contribution in [1.29, 1.82) is 0 Å². The summed E-state index contributed by atoms with van der Waals surface area (Å²) in [7, 11) is 0. The van der Waals surface area contributed by atoms with E-state index in [0.717, 1.165) is 18.5 Å². The summed E-state index contributed by atoms with van der Waals surface area (Å²) in [6.45, 7) is 2.95. The molecule has 0 N–H and O–H groups in total. The van der Waals surface area contributed by atoms with E-state index in [1.54, 1.807) is 0 Å². The quantitative estimate of drug-likeness (QED) is 0.652. The van der Waals surface area contributed by atoms with Crippen molar-refractivity contribution < 1.29 is 4.39 Å². The Bertz CT molecular complexity index is 695. The minimum absolute atomic E-state index is 0.185. The van der Waals surface area contributed by atoms with Crippen molar-refractivity contribution in [3.8, 4) is 0 Å². The lowest BCUT2D eigenvalue weighted by molar-refractivity contribution is 0.626. The van der Waals surface area contributed by atoms with Crippen LogP contribution in [0.5, 0.6) is 0 Å². The molecule has 0 aliphatic carbocycles. The van der Waals surface area contributed by atoms with Crippen LogP contribution in [0, 0.1) is 5.82 Å². The van der Waals surface area contributed by atoms with E-state index in [-0.39, 0.29) is 5.82 Å². The molecule has 0 fully saturated rings. The van der Waals surface area contributed by atoms with Gasteiger partial charge < -0.3 is 4.57 Å². The van der Waals surface area contributed by atoms with Gasteiger partial charge in [0.2, 0.25) is 0 Å². The van der Waals surface area contributed by atoms with E-state index in [0.29, 0.717) is 0 Å². The summed E-state index contributed by atoms with van der Waals surface area (Å²) in [5, 5.41) is 1.27. The fourth-order valence-corrected chi connectivity index (χ4v) is 2.54. The summed E-state index contributed by atoms with van der Waals surface area (Å²) in [5.74, 6) is -0.185. The van der Waals surface area contributed by atoms with Crippen LogP contribution in [0.15, 0.2) is 54.7 Å². The summed E-state index contributed by atoms with van der Waals surface area (Å²) >= 11 is 0. The molecular formula is C17H16FN. The Morgan fingerprint density at radius 1 is 1.00 bits per heavy atom. The Hall–Kier alpha value is -2.09. The van der Waals surface area contributed by atoms with Crippen molar-refractivity contribution in [2.24, 2.45) is 0 Å². The molecule has 1 heterocycles. The predicted molar refractivity (Wildman–Crippen MR) is 76.8 cm³/mol. The molecule has 3 rings (SSSR count). The highest BCUT2D eigenvalue weighted by atomic mass is 19.1. The molecule has 2 aromatic carbocycles. The average Bonchev–Trinajstić information content (AvgIpc) is 2.85. The highest BCUT2D eigenvalue weighted by molar-refractivity contribution is 5.83. The third-order valence-electron chi connectivity index (χ3n) is 3.52.